The average Bonchev–Trinajstić information content (AvgIpc) is 3.66. The molecular formula is C38H37N5O4. The predicted octanol–water partition coefficient (Wildman–Crippen LogP) is 7.84. The number of hydrogen-bond acceptors (Lipinski definition) is 5. The lowest BCUT2D eigenvalue weighted by molar-refractivity contribution is -0.160. The second-order valence-corrected chi connectivity index (χ2v) is 13.3. The quantitative estimate of drug-likeness (QED) is 0.195. The molecule has 2 N–H and O–H groups in total. The van der Waals surface area contributed by atoms with Crippen LogP contribution in [0.25, 0.3) is 55.4 Å². The molecule has 1 atom stereocenters. The van der Waals surface area contributed by atoms with E-state index < -0.39 is 17.7 Å². The van der Waals surface area contributed by atoms with Crippen molar-refractivity contribution in [2.75, 3.05) is 11.4 Å². The van der Waals surface area contributed by atoms with Crippen molar-refractivity contribution >= 4 is 39.4 Å². The number of anilines is 1. The molecule has 0 radical (unpaired) electrons. The van der Waals surface area contributed by atoms with Gasteiger partial charge in [-0.2, -0.15) is 5.10 Å². The number of nitrogens with zero attached hydrogens (tertiary/aromatic N) is 4. The number of aromatic nitrogens is 4. The number of pyridine rings is 1. The molecule has 4 heterocycles. The summed E-state index contributed by atoms with van der Waals surface area (Å²) in [6.07, 6.45) is 2.35. The van der Waals surface area contributed by atoms with Gasteiger partial charge in [-0.05, 0) is 81.6 Å². The van der Waals surface area contributed by atoms with Crippen molar-refractivity contribution in [3.63, 3.8) is 0 Å². The number of carboxylic acids is 1. The number of nitrogens with one attached hydrogen (secondary N) is 1. The van der Waals surface area contributed by atoms with Gasteiger partial charge in [0.25, 0.3) is 0 Å². The summed E-state index contributed by atoms with van der Waals surface area (Å²) in [6, 6.07) is 20.4. The van der Waals surface area contributed by atoms with Crippen LogP contribution in [0, 0.1) is 13.8 Å². The maximum Gasteiger partial charge on any atom is 0.337 e. The summed E-state index contributed by atoms with van der Waals surface area (Å²) in [6.45, 7) is 12.1. The van der Waals surface area contributed by atoms with E-state index in [9.17, 15) is 14.7 Å². The van der Waals surface area contributed by atoms with Gasteiger partial charge in [-0.25, -0.2) is 4.79 Å². The lowest BCUT2D eigenvalue weighted by Crippen LogP contribution is -2.37. The topological polar surface area (TPSA) is 113 Å². The van der Waals surface area contributed by atoms with E-state index in [2.05, 4.69) is 33.0 Å². The summed E-state index contributed by atoms with van der Waals surface area (Å²) >= 11 is 0. The Labute approximate surface area is 272 Å². The number of fused-ring (bicyclic) bond motifs is 1. The van der Waals surface area contributed by atoms with Crippen molar-refractivity contribution < 1.29 is 19.4 Å². The van der Waals surface area contributed by atoms with E-state index in [0.29, 0.717) is 24.2 Å². The first-order chi connectivity index (χ1) is 22.4. The number of benzene rings is 3. The van der Waals surface area contributed by atoms with Gasteiger partial charge < -0.3 is 19.3 Å². The van der Waals surface area contributed by atoms with Gasteiger partial charge in [0.1, 0.15) is 0 Å². The molecule has 9 nitrogen and oxygen atoms in total. The van der Waals surface area contributed by atoms with Gasteiger partial charge >= 0.3 is 5.97 Å². The first-order valence-electron chi connectivity index (χ1n) is 15.8. The molecule has 7 rings (SSSR count). The van der Waals surface area contributed by atoms with E-state index in [0.717, 1.165) is 66.7 Å². The van der Waals surface area contributed by atoms with Crippen LogP contribution >= 0.6 is 0 Å². The van der Waals surface area contributed by atoms with E-state index in [-0.39, 0.29) is 5.91 Å². The number of ether oxygens (including phenoxy) is 1. The monoisotopic (exact) mass is 627 g/mol. The summed E-state index contributed by atoms with van der Waals surface area (Å²) in [7, 11) is 0. The molecule has 6 aromatic rings. The molecule has 238 valence electrons. The number of aromatic amines is 1. The maximum absolute atomic E-state index is 13.1. The second-order valence-electron chi connectivity index (χ2n) is 13.3. The Balaban J connectivity index is 1.54. The normalized spacial score (nSPS) is 13.8. The Hall–Kier alpha value is -5.28. The number of H-pyrrole nitrogens is 1. The maximum atomic E-state index is 13.1. The van der Waals surface area contributed by atoms with Gasteiger partial charge in [0, 0.05) is 59.4 Å². The van der Waals surface area contributed by atoms with E-state index in [4.69, 9.17) is 9.72 Å². The molecule has 3 aromatic carbocycles. The Kier molecular flexibility index (Phi) is 7.24. The van der Waals surface area contributed by atoms with Crippen molar-refractivity contribution in [2.24, 2.45) is 0 Å². The highest BCUT2D eigenvalue weighted by molar-refractivity contribution is 6.13. The van der Waals surface area contributed by atoms with Crippen LogP contribution in [-0.4, -0.2) is 48.9 Å². The van der Waals surface area contributed by atoms with Crippen molar-refractivity contribution in [2.45, 2.75) is 59.8 Å². The molecular weight excluding hydrogens is 590 g/mol. The lowest BCUT2D eigenvalue weighted by Gasteiger charge is -2.34. The molecule has 1 aliphatic rings. The van der Waals surface area contributed by atoms with Crippen molar-refractivity contribution in [1.29, 1.82) is 0 Å². The third-order valence-electron chi connectivity index (χ3n) is 8.91. The smallest absolute Gasteiger partial charge is 0.337 e. The van der Waals surface area contributed by atoms with E-state index in [1.807, 2.05) is 83.3 Å². The van der Waals surface area contributed by atoms with Gasteiger partial charge in [0.15, 0.2) is 6.10 Å². The minimum atomic E-state index is -1.26. The Morgan fingerprint density at radius 1 is 0.957 bits per heavy atom. The second kappa shape index (κ2) is 11.2. The first-order valence-corrected chi connectivity index (χ1v) is 15.8. The zero-order chi connectivity index (χ0) is 33.2. The number of hydrogen-bond donors (Lipinski definition) is 2. The number of rotatable bonds is 6. The number of aliphatic carboxylic acids is 1. The van der Waals surface area contributed by atoms with Crippen LogP contribution in [0.1, 0.15) is 50.5 Å². The zero-order valence-electron chi connectivity index (χ0n) is 27.4. The lowest BCUT2D eigenvalue weighted by atomic mass is 9.86. The minimum absolute atomic E-state index is 0.0955. The van der Waals surface area contributed by atoms with Crippen LogP contribution in [0.3, 0.4) is 0 Å². The molecule has 9 heteroatoms. The SMILES string of the molecule is CC(=O)N1CCn2c(-c3ccnc(-c4ccc5[nH]ncc5c4)c3)cc3c(-c4ccc(C)cc4)c(C(OC(C)(C)C)C(=O)O)c(C)c1c32. The molecule has 0 saturated heterocycles. The van der Waals surface area contributed by atoms with Crippen LogP contribution in [0.2, 0.25) is 0 Å². The molecule has 0 bridgehead atoms. The van der Waals surface area contributed by atoms with Crippen molar-refractivity contribution in [3.05, 3.63) is 89.7 Å². The summed E-state index contributed by atoms with van der Waals surface area (Å²) in [4.78, 5) is 32.7. The zero-order valence-corrected chi connectivity index (χ0v) is 27.4. The van der Waals surface area contributed by atoms with Crippen molar-refractivity contribution in [3.8, 4) is 33.6 Å². The van der Waals surface area contributed by atoms with Crippen LogP contribution in [0.5, 0.6) is 0 Å². The van der Waals surface area contributed by atoms with E-state index in [1.165, 1.54) is 0 Å². The van der Waals surface area contributed by atoms with Gasteiger partial charge in [-0.3, -0.25) is 14.9 Å². The fourth-order valence-corrected chi connectivity index (χ4v) is 6.86. The van der Waals surface area contributed by atoms with Crippen LogP contribution in [0.4, 0.5) is 5.69 Å². The fourth-order valence-electron chi connectivity index (χ4n) is 6.86. The minimum Gasteiger partial charge on any atom is -0.479 e. The number of aryl methyl sites for hydroxylation is 1. The first kappa shape index (κ1) is 30.4. The van der Waals surface area contributed by atoms with Gasteiger partial charge in [-0.15, -0.1) is 0 Å². The van der Waals surface area contributed by atoms with Gasteiger partial charge in [0.05, 0.1) is 34.2 Å². The molecule has 0 spiro atoms. The van der Waals surface area contributed by atoms with Gasteiger partial charge in [-0.1, -0.05) is 35.9 Å². The van der Waals surface area contributed by atoms with E-state index in [1.54, 1.807) is 18.0 Å². The predicted molar refractivity (Wildman–Crippen MR) is 184 cm³/mol. The molecule has 0 aliphatic carbocycles. The van der Waals surface area contributed by atoms with Gasteiger partial charge in [0.2, 0.25) is 5.91 Å². The van der Waals surface area contributed by atoms with Crippen molar-refractivity contribution in [1.82, 2.24) is 19.7 Å². The molecule has 0 saturated carbocycles. The number of amides is 1. The summed E-state index contributed by atoms with van der Waals surface area (Å²) in [5.74, 6) is -1.18. The molecule has 1 aliphatic heterocycles. The van der Waals surface area contributed by atoms with Crippen LogP contribution in [0.15, 0.2) is 73.1 Å². The standard InChI is InChI=1S/C38H37N5O4/c1-21-7-9-24(10-8-21)33-28-19-31(26-13-14-39-30(18-26)25-11-12-29-27(17-25)20-40-41-29)43-16-15-42(23(3)44)34(35(28)43)22(2)32(33)36(37(45)46)47-38(4,5)6/h7-14,17-20,36H,15-16H2,1-6H3,(H,40,41)(H,45,46). The van der Waals surface area contributed by atoms with Crippen LogP contribution in [-0.2, 0) is 20.9 Å². The highest BCUT2D eigenvalue weighted by Crippen LogP contribution is 2.49. The molecule has 0 fully saturated rings. The van der Waals surface area contributed by atoms with Crippen LogP contribution < -0.4 is 4.90 Å². The third kappa shape index (κ3) is 5.26. The average molecular weight is 628 g/mol. The highest BCUT2D eigenvalue weighted by atomic mass is 16.5. The Morgan fingerprint density at radius 2 is 1.70 bits per heavy atom. The largest absolute Gasteiger partial charge is 0.479 e. The summed E-state index contributed by atoms with van der Waals surface area (Å²) < 4.78 is 8.56. The number of carboxylic acid groups (broad SMARTS) is 1. The molecule has 1 unspecified atom stereocenters. The number of carbonyl (C=O) groups is 2. The molecule has 47 heavy (non-hydrogen) atoms. The fraction of sp³-hybridized carbons (Fsp3) is 0.263. The highest BCUT2D eigenvalue weighted by Gasteiger charge is 2.37. The molecule has 3 aromatic heterocycles. The molecule has 1 amide bonds. The van der Waals surface area contributed by atoms with E-state index >= 15 is 0 Å². The summed E-state index contributed by atoms with van der Waals surface area (Å²) in [5.41, 5.74) is 9.62. The Bertz CT molecular complexity index is 2200. The third-order valence-corrected chi connectivity index (χ3v) is 8.91. The number of carbonyl (C=O) groups excluding carboxylic acids is 1. The summed E-state index contributed by atoms with van der Waals surface area (Å²) in [5, 5.41) is 19.7. The Morgan fingerprint density at radius 3 is 2.40 bits per heavy atom.